The van der Waals surface area contributed by atoms with E-state index in [9.17, 15) is 20.0 Å². The second-order valence-electron chi connectivity index (χ2n) is 7.92. The number of nitro benzene ring substituents is 1. The Bertz CT molecular complexity index is 1160. The van der Waals surface area contributed by atoms with Crippen molar-refractivity contribution in [3.05, 3.63) is 88.0 Å². The molecule has 2 N–H and O–H groups in total. The Morgan fingerprint density at radius 2 is 1.79 bits per heavy atom. The number of fused-ring (bicyclic) bond motifs is 2. The molecule has 1 unspecified atom stereocenters. The number of hydrogen-bond donors (Lipinski definition) is 2. The van der Waals surface area contributed by atoms with Crippen LogP contribution in [0.2, 0.25) is 0 Å². The second kappa shape index (κ2) is 9.70. The molecule has 1 aliphatic rings. The Balaban J connectivity index is 1.42. The number of nitrogens with one attached hydrogen (secondary N) is 1. The fraction of sp³-hybridized carbons (Fsp3) is 0.240. The van der Waals surface area contributed by atoms with E-state index in [0.717, 1.165) is 41.0 Å². The van der Waals surface area contributed by atoms with Crippen molar-refractivity contribution < 1.29 is 19.6 Å². The number of nitro groups is 1. The first-order valence-electron chi connectivity index (χ1n) is 10.7. The highest BCUT2D eigenvalue weighted by atomic mass is 16.6. The van der Waals surface area contributed by atoms with Crippen molar-refractivity contribution in [2.45, 2.75) is 25.9 Å². The number of ether oxygens (including phenoxy) is 1. The van der Waals surface area contributed by atoms with Gasteiger partial charge in [0.2, 0.25) is 5.91 Å². The van der Waals surface area contributed by atoms with E-state index in [-0.39, 0.29) is 24.7 Å². The van der Waals surface area contributed by atoms with Crippen LogP contribution in [0.4, 0.5) is 22.7 Å². The normalized spacial score (nSPS) is 13.3. The fourth-order valence-electron chi connectivity index (χ4n) is 3.92. The van der Waals surface area contributed by atoms with Crippen LogP contribution in [-0.2, 0) is 17.6 Å². The van der Waals surface area contributed by atoms with E-state index < -0.39 is 11.0 Å². The molecule has 0 bridgehead atoms. The van der Waals surface area contributed by atoms with E-state index >= 15 is 0 Å². The Kier molecular flexibility index (Phi) is 6.55. The van der Waals surface area contributed by atoms with Crippen molar-refractivity contribution in [1.29, 1.82) is 0 Å². The number of para-hydroxylation sites is 1. The highest BCUT2D eigenvalue weighted by Gasteiger charge is 2.23. The minimum atomic E-state index is -0.802. The third-order valence-corrected chi connectivity index (χ3v) is 5.57. The van der Waals surface area contributed by atoms with Crippen LogP contribution < -0.4 is 15.0 Å². The standard InChI is InChI=1S/C25H25N3O5/c1-17(29)27-24-5-3-2-4-18(24)6-7-19-8-9-20(14-25(19)27)26-15-22(30)16-33-23-12-10-21(11-13-23)28(31)32/h2-5,8-14,22,26,30H,6-7,15-16H2,1H3. The summed E-state index contributed by atoms with van der Waals surface area (Å²) in [4.78, 5) is 24.5. The molecule has 8 heteroatoms. The second-order valence-corrected chi connectivity index (χ2v) is 7.92. The first-order chi connectivity index (χ1) is 15.9. The van der Waals surface area contributed by atoms with Gasteiger partial charge in [-0.2, -0.15) is 0 Å². The molecule has 170 valence electrons. The highest BCUT2D eigenvalue weighted by molar-refractivity contribution is 6.01. The lowest BCUT2D eigenvalue weighted by Gasteiger charge is -2.24. The summed E-state index contributed by atoms with van der Waals surface area (Å²) in [7, 11) is 0. The third-order valence-electron chi connectivity index (χ3n) is 5.57. The molecule has 0 radical (unpaired) electrons. The third kappa shape index (κ3) is 5.12. The molecule has 1 atom stereocenters. The molecule has 1 aliphatic heterocycles. The zero-order valence-electron chi connectivity index (χ0n) is 18.2. The molecule has 3 aromatic rings. The number of rotatable bonds is 7. The van der Waals surface area contributed by atoms with Gasteiger partial charge in [-0.25, -0.2) is 0 Å². The number of aliphatic hydroxyl groups is 1. The quantitative estimate of drug-likeness (QED) is 0.415. The summed E-state index contributed by atoms with van der Waals surface area (Å²) in [5.74, 6) is 0.389. The molecule has 0 spiro atoms. The predicted octanol–water partition coefficient (Wildman–Crippen LogP) is 4.23. The molecular formula is C25H25N3O5. The van der Waals surface area contributed by atoms with Gasteiger partial charge in [-0.3, -0.25) is 19.8 Å². The number of benzene rings is 3. The average Bonchev–Trinajstić information content (AvgIpc) is 2.98. The first kappa shape index (κ1) is 22.3. The highest BCUT2D eigenvalue weighted by Crippen LogP contribution is 2.37. The van der Waals surface area contributed by atoms with Crippen molar-refractivity contribution in [2.24, 2.45) is 0 Å². The summed E-state index contributed by atoms with van der Waals surface area (Å²) < 4.78 is 5.52. The van der Waals surface area contributed by atoms with Gasteiger partial charge < -0.3 is 15.2 Å². The van der Waals surface area contributed by atoms with E-state index in [0.29, 0.717) is 5.75 Å². The van der Waals surface area contributed by atoms with E-state index in [1.165, 1.54) is 24.3 Å². The lowest BCUT2D eigenvalue weighted by molar-refractivity contribution is -0.384. The van der Waals surface area contributed by atoms with Gasteiger partial charge in [0.25, 0.3) is 5.69 Å². The Hall–Kier alpha value is -3.91. The largest absolute Gasteiger partial charge is 0.491 e. The van der Waals surface area contributed by atoms with Crippen LogP contribution in [0, 0.1) is 10.1 Å². The van der Waals surface area contributed by atoms with E-state index in [1.54, 1.807) is 11.8 Å². The molecule has 8 nitrogen and oxygen atoms in total. The number of carbonyl (C=O) groups excluding carboxylic acids is 1. The van der Waals surface area contributed by atoms with Gasteiger partial charge in [0.15, 0.2) is 0 Å². The van der Waals surface area contributed by atoms with Gasteiger partial charge in [0, 0.05) is 31.3 Å². The van der Waals surface area contributed by atoms with Gasteiger partial charge in [-0.05, 0) is 54.3 Å². The molecule has 33 heavy (non-hydrogen) atoms. The minimum Gasteiger partial charge on any atom is -0.491 e. The smallest absolute Gasteiger partial charge is 0.269 e. The van der Waals surface area contributed by atoms with Crippen molar-refractivity contribution in [2.75, 3.05) is 23.4 Å². The van der Waals surface area contributed by atoms with Gasteiger partial charge in [0.1, 0.15) is 18.5 Å². The predicted molar refractivity (Wildman–Crippen MR) is 126 cm³/mol. The van der Waals surface area contributed by atoms with Crippen LogP contribution in [0.1, 0.15) is 18.1 Å². The monoisotopic (exact) mass is 447 g/mol. The summed E-state index contributed by atoms with van der Waals surface area (Å²) in [6, 6.07) is 19.5. The molecule has 4 rings (SSSR count). The first-order valence-corrected chi connectivity index (χ1v) is 10.7. The maximum atomic E-state index is 12.5. The zero-order chi connectivity index (χ0) is 23.4. The Morgan fingerprint density at radius 3 is 2.48 bits per heavy atom. The van der Waals surface area contributed by atoms with E-state index in [1.807, 2.05) is 36.4 Å². The van der Waals surface area contributed by atoms with E-state index in [2.05, 4.69) is 11.4 Å². The summed E-state index contributed by atoms with van der Waals surface area (Å²) >= 11 is 0. The number of aryl methyl sites for hydroxylation is 2. The average molecular weight is 447 g/mol. The van der Waals surface area contributed by atoms with Crippen LogP contribution in [0.3, 0.4) is 0 Å². The van der Waals surface area contributed by atoms with E-state index in [4.69, 9.17) is 4.74 Å². The van der Waals surface area contributed by atoms with Crippen LogP contribution in [0.15, 0.2) is 66.7 Å². The Morgan fingerprint density at radius 1 is 1.09 bits per heavy atom. The lowest BCUT2D eigenvalue weighted by Crippen LogP contribution is -2.27. The maximum absolute atomic E-state index is 12.5. The number of hydrogen-bond acceptors (Lipinski definition) is 6. The van der Waals surface area contributed by atoms with Gasteiger partial charge in [0.05, 0.1) is 16.3 Å². The number of nitrogens with zero attached hydrogens (tertiary/aromatic N) is 2. The topological polar surface area (TPSA) is 105 Å². The number of anilines is 3. The van der Waals surface area contributed by atoms with Gasteiger partial charge >= 0.3 is 0 Å². The molecular weight excluding hydrogens is 422 g/mol. The number of non-ortho nitro benzene ring substituents is 1. The van der Waals surface area contributed by atoms with Crippen LogP contribution in [-0.4, -0.2) is 35.2 Å². The van der Waals surface area contributed by atoms with Crippen LogP contribution in [0.25, 0.3) is 0 Å². The van der Waals surface area contributed by atoms with Gasteiger partial charge in [-0.1, -0.05) is 24.3 Å². The Labute approximate surface area is 191 Å². The molecule has 0 saturated carbocycles. The number of carbonyl (C=O) groups is 1. The zero-order valence-corrected chi connectivity index (χ0v) is 18.2. The van der Waals surface area contributed by atoms with Crippen LogP contribution in [0.5, 0.6) is 5.75 Å². The van der Waals surface area contributed by atoms with Crippen LogP contribution >= 0.6 is 0 Å². The van der Waals surface area contributed by atoms with Gasteiger partial charge in [-0.15, -0.1) is 0 Å². The molecule has 0 aliphatic carbocycles. The molecule has 1 heterocycles. The summed E-state index contributed by atoms with van der Waals surface area (Å²) in [6.45, 7) is 1.83. The molecule has 1 amide bonds. The number of amides is 1. The van der Waals surface area contributed by atoms with Crippen molar-refractivity contribution in [3.8, 4) is 5.75 Å². The molecule has 0 aromatic heterocycles. The summed E-state index contributed by atoms with van der Waals surface area (Å²) in [5, 5.41) is 24.2. The maximum Gasteiger partial charge on any atom is 0.269 e. The molecule has 3 aromatic carbocycles. The molecule has 0 saturated heterocycles. The van der Waals surface area contributed by atoms with Crippen molar-refractivity contribution in [1.82, 2.24) is 0 Å². The number of aliphatic hydroxyl groups excluding tert-OH is 1. The molecule has 0 fully saturated rings. The summed E-state index contributed by atoms with van der Waals surface area (Å²) in [5.41, 5.74) is 4.74. The SMILES string of the molecule is CC(=O)N1c2ccccc2CCc2ccc(NCC(O)COc3ccc([N+](=O)[O-])cc3)cc21. The fourth-order valence-corrected chi connectivity index (χ4v) is 3.92. The minimum absolute atomic E-state index is 0.0185. The summed E-state index contributed by atoms with van der Waals surface area (Å²) in [6.07, 6.45) is 0.893. The lowest BCUT2D eigenvalue weighted by atomic mass is 10.0. The van der Waals surface area contributed by atoms with Crippen molar-refractivity contribution in [3.63, 3.8) is 0 Å². The van der Waals surface area contributed by atoms with Crippen molar-refractivity contribution >= 4 is 28.7 Å².